The molecule has 0 bridgehead atoms. The van der Waals surface area contributed by atoms with Crippen LogP contribution in [0.15, 0.2) is 30.3 Å². The molecule has 2 nitrogen and oxygen atoms in total. The molecule has 0 saturated heterocycles. The van der Waals surface area contributed by atoms with Crippen molar-refractivity contribution in [2.24, 2.45) is 0 Å². The van der Waals surface area contributed by atoms with Gasteiger partial charge in [0.1, 0.15) is 0 Å². The van der Waals surface area contributed by atoms with Gasteiger partial charge in [-0.1, -0.05) is 37.3 Å². The fourth-order valence-corrected chi connectivity index (χ4v) is 2.45. The van der Waals surface area contributed by atoms with Crippen LogP contribution in [-0.2, 0) is 4.74 Å². The zero-order chi connectivity index (χ0) is 12.5. The molecule has 0 aliphatic carbocycles. The van der Waals surface area contributed by atoms with E-state index < -0.39 is 0 Å². The Labute approximate surface area is 105 Å². The van der Waals surface area contributed by atoms with E-state index in [2.05, 4.69) is 49.6 Å². The quantitative estimate of drug-likeness (QED) is 0.699. The molecular weight excluding hydrogens is 210 g/mol. The van der Waals surface area contributed by atoms with Crippen LogP contribution in [0.25, 0.3) is 0 Å². The summed E-state index contributed by atoms with van der Waals surface area (Å²) in [5.41, 5.74) is 1.44. The van der Waals surface area contributed by atoms with Gasteiger partial charge in [0, 0.05) is 19.8 Å². The Hall–Kier alpha value is -0.860. The number of likely N-dealkylation sites (N-methyl/N-ethyl adjacent to an activating group) is 1. The molecule has 17 heavy (non-hydrogen) atoms. The van der Waals surface area contributed by atoms with Crippen molar-refractivity contribution in [3.8, 4) is 0 Å². The molecule has 0 radical (unpaired) electrons. The molecule has 1 aromatic carbocycles. The summed E-state index contributed by atoms with van der Waals surface area (Å²) in [6.45, 7) is 3.11. The lowest BCUT2D eigenvalue weighted by atomic mass is 9.87. The largest absolute Gasteiger partial charge is 0.385 e. The highest BCUT2D eigenvalue weighted by atomic mass is 16.5. The van der Waals surface area contributed by atoms with Gasteiger partial charge in [-0.25, -0.2) is 0 Å². The van der Waals surface area contributed by atoms with Gasteiger partial charge >= 0.3 is 0 Å². The number of methoxy groups -OCH3 is 1. The van der Waals surface area contributed by atoms with Gasteiger partial charge in [0.15, 0.2) is 0 Å². The van der Waals surface area contributed by atoms with Crippen LogP contribution in [0.1, 0.15) is 37.7 Å². The third-order valence-corrected chi connectivity index (χ3v) is 3.39. The monoisotopic (exact) mass is 235 g/mol. The predicted molar refractivity (Wildman–Crippen MR) is 73.4 cm³/mol. The number of hydrogen-bond donors (Lipinski definition) is 1. The van der Waals surface area contributed by atoms with Gasteiger partial charge in [-0.15, -0.1) is 0 Å². The fraction of sp³-hybridized carbons (Fsp3) is 0.600. The Morgan fingerprint density at radius 1 is 1.24 bits per heavy atom. The SMILES string of the molecule is CCC(c1ccccc1)C(CCCOC)NC. The highest BCUT2D eigenvalue weighted by molar-refractivity contribution is 5.21. The van der Waals surface area contributed by atoms with Crippen LogP contribution in [0.5, 0.6) is 0 Å². The molecule has 0 aliphatic rings. The van der Waals surface area contributed by atoms with Crippen molar-refractivity contribution >= 4 is 0 Å². The first-order valence-corrected chi connectivity index (χ1v) is 6.54. The Balaban J connectivity index is 2.63. The van der Waals surface area contributed by atoms with Gasteiger partial charge in [0.2, 0.25) is 0 Å². The van der Waals surface area contributed by atoms with Gasteiger partial charge in [0.05, 0.1) is 0 Å². The lowest BCUT2D eigenvalue weighted by Gasteiger charge is -2.26. The van der Waals surface area contributed by atoms with Crippen LogP contribution < -0.4 is 5.32 Å². The molecule has 2 heteroatoms. The Kier molecular flexibility index (Phi) is 6.90. The molecule has 0 fully saturated rings. The molecule has 0 aromatic heterocycles. The second-order valence-electron chi connectivity index (χ2n) is 4.46. The van der Waals surface area contributed by atoms with E-state index in [1.54, 1.807) is 7.11 Å². The summed E-state index contributed by atoms with van der Waals surface area (Å²) in [5.74, 6) is 0.595. The maximum atomic E-state index is 5.13. The third kappa shape index (κ3) is 4.49. The van der Waals surface area contributed by atoms with Gasteiger partial charge in [0.25, 0.3) is 0 Å². The molecule has 0 amide bonds. The molecular formula is C15H25NO. The van der Waals surface area contributed by atoms with E-state index in [0.29, 0.717) is 12.0 Å². The first-order valence-electron chi connectivity index (χ1n) is 6.54. The molecule has 1 rings (SSSR count). The minimum Gasteiger partial charge on any atom is -0.385 e. The van der Waals surface area contributed by atoms with Crippen LogP contribution in [0, 0.1) is 0 Å². The lowest BCUT2D eigenvalue weighted by Crippen LogP contribution is -2.32. The van der Waals surface area contributed by atoms with Crippen molar-refractivity contribution in [1.82, 2.24) is 5.32 Å². The van der Waals surface area contributed by atoms with Crippen LogP contribution in [0.4, 0.5) is 0 Å². The van der Waals surface area contributed by atoms with E-state index in [4.69, 9.17) is 4.74 Å². The molecule has 0 heterocycles. The van der Waals surface area contributed by atoms with E-state index in [-0.39, 0.29) is 0 Å². The van der Waals surface area contributed by atoms with Crippen LogP contribution in [0.3, 0.4) is 0 Å². The van der Waals surface area contributed by atoms with E-state index in [1.165, 1.54) is 12.0 Å². The summed E-state index contributed by atoms with van der Waals surface area (Å²) >= 11 is 0. The Bertz CT molecular complexity index is 286. The lowest BCUT2D eigenvalue weighted by molar-refractivity contribution is 0.187. The fourth-order valence-electron chi connectivity index (χ4n) is 2.45. The number of benzene rings is 1. The standard InChI is InChI=1S/C15H25NO/c1-4-14(13-9-6-5-7-10-13)15(16-2)11-8-12-17-3/h5-7,9-10,14-16H,4,8,11-12H2,1-3H3. The van der Waals surface area contributed by atoms with Gasteiger partial charge < -0.3 is 10.1 Å². The summed E-state index contributed by atoms with van der Waals surface area (Å²) in [5, 5.41) is 3.45. The van der Waals surface area contributed by atoms with Gasteiger partial charge in [-0.2, -0.15) is 0 Å². The summed E-state index contributed by atoms with van der Waals surface area (Å²) in [4.78, 5) is 0. The molecule has 0 spiro atoms. The van der Waals surface area contributed by atoms with Crippen LogP contribution >= 0.6 is 0 Å². The smallest absolute Gasteiger partial charge is 0.0462 e. The Morgan fingerprint density at radius 2 is 1.94 bits per heavy atom. The molecule has 0 aliphatic heterocycles. The zero-order valence-corrected chi connectivity index (χ0v) is 11.3. The molecule has 0 saturated carbocycles. The molecule has 2 atom stereocenters. The highest BCUT2D eigenvalue weighted by Crippen LogP contribution is 2.25. The molecule has 1 N–H and O–H groups in total. The first-order chi connectivity index (χ1) is 8.33. The number of hydrogen-bond acceptors (Lipinski definition) is 2. The normalized spacial score (nSPS) is 14.5. The predicted octanol–water partition coefficient (Wildman–Crippen LogP) is 3.19. The minimum atomic E-state index is 0.539. The van der Waals surface area contributed by atoms with E-state index in [9.17, 15) is 0 Å². The van der Waals surface area contributed by atoms with Crippen molar-refractivity contribution in [3.05, 3.63) is 35.9 Å². The van der Waals surface area contributed by atoms with E-state index in [0.717, 1.165) is 19.4 Å². The number of nitrogens with one attached hydrogen (secondary N) is 1. The topological polar surface area (TPSA) is 21.3 Å². The molecule has 1 aromatic rings. The number of rotatable bonds is 8. The summed E-state index contributed by atoms with van der Waals surface area (Å²) in [6.07, 6.45) is 3.45. The maximum Gasteiger partial charge on any atom is 0.0462 e. The average molecular weight is 235 g/mol. The first kappa shape index (κ1) is 14.2. The van der Waals surface area contributed by atoms with Crippen LogP contribution in [-0.4, -0.2) is 26.8 Å². The summed E-state index contributed by atoms with van der Waals surface area (Å²) < 4.78 is 5.13. The minimum absolute atomic E-state index is 0.539. The van der Waals surface area contributed by atoms with Crippen molar-refractivity contribution in [3.63, 3.8) is 0 Å². The highest BCUT2D eigenvalue weighted by Gasteiger charge is 2.19. The zero-order valence-electron chi connectivity index (χ0n) is 11.3. The van der Waals surface area contributed by atoms with Crippen molar-refractivity contribution in [1.29, 1.82) is 0 Å². The Morgan fingerprint density at radius 3 is 2.47 bits per heavy atom. The maximum absolute atomic E-state index is 5.13. The van der Waals surface area contributed by atoms with E-state index >= 15 is 0 Å². The van der Waals surface area contributed by atoms with Crippen molar-refractivity contribution in [2.45, 2.75) is 38.1 Å². The second-order valence-corrected chi connectivity index (χ2v) is 4.46. The molecule has 2 unspecified atom stereocenters. The summed E-state index contributed by atoms with van der Waals surface area (Å²) in [6, 6.07) is 11.3. The molecule has 96 valence electrons. The van der Waals surface area contributed by atoms with Gasteiger partial charge in [-0.05, 0) is 37.8 Å². The van der Waals surface area contributed by atoms with Crippen molar-refractivity contribution in [2.75, 3.05) is 20.8 Å². The van der Waals surface area contributed by atoms with E-state index in [1.807, 2.05) is 0 Å². The van der Waals surface area contributed by atoms with Crippen LogP contribution in [0.2, 0.25) is 0 Å². The van der Waals surface area contributed by atoms with Gasteiger partial charge in [-0.3, -0.25) is 0 Å². The summed E-state index contributed by atoms with van der Waals surface area (Å²) in [7, 11) is 3.83. The average Bonchev–Trinajstić information content (AvgIpc) is 2.39. The third-order valence-electron chi connectivity index (χ3n) is 3.39. The number of ether oxygens (including phenoxy) is 1. The second kappa shape index (κ2) is 8.26. The van der Waals surface area contributed by atoms with Crippen molar-refractivity contribution < 1.29 is 4.74 Å².